The summed E-state index contributed by atoms with van der Waals surface area (Å²) < 4.78 is 5.31. The quantitative estimate of drug-likeness (QED) is 0.807. The number of benzene rings is 2. The van der Waals surface area contributed by atoms with E-state index in [0.717, 1.165) is 49.7 Å². The number of ether oxygens (including phenoxy) is 1. The molecule has 1 heterocycles. The Kier molecular flexibility index (Phi) is 6.79. The number of nitrogens with one attached hydrogen (secondary N) is 2. The number of morpholine rings is 1. The molecule has 28 heavy (non-hydrogen) atoms. The van der Waals surface area contributed by atoms with E-state index in [1.54, 1.807) is 24.3 Å². The van der Waals surface area contributed by atoms with Crippen LogP contribution in [-0.2, 0) is 4.74 Å². The summed E-state index contributed by atoms with van der Waals surface area (Å²) in [5.74, 6) is -0.321. The van der Waals surface area contributed by atoms with Crippen LogP contribution in [0.1, 0.15) is 31.8 Å². The average Bonchev–Trinajstić information content (AvgIpc) is 2.68. The van der Waals surface area contributed by atoms with Crippen molar-refractivity contribution in [1.82, 2.24) is 10.2 Å². The second kappa shape index (κ2) is 9.48. The van der Waals surface area contributed by atoms with Crippen LogP contribution in [-0.4, -0.2) is 56.1 Å². The zero-order valence-electron chi connectivity index (χ0n) is 16.5. The number of carbonyl (C=O) groups is 2. The summed E-state index contributed by atoms with van der Waals surface area (Å²) in [5, 5.41) is 5.83. The molecule has 0 spiro atoms. The van der Waals surface area contributed by atoms with E-state index in [0.29, 0.717) is 17.7 Å². The lowest BCUT2D eigenvalue weighted by Gasteiger charge is -2.26. The van der Waals surface area contributed by atoms with Gasteiger partial charge in [-0.05, 0) is 61.4 Å². The molecule has 0 aliphatic carbocycles. The number of aryl methyl sites for hydroxylation is 2. The minimum atomic E-state index is -0.190. The van der Waals surface area contributed by atoms with Crippen molar-refractivity contribution in [3.8, 4) is 0 Å². The third kappa shape index (κ3) is 5.65. The molecular weight excluding hydrogens is 354 g/mol. The van der Waals surface area contributed by atoms with Crippen LogP contribution in [0.15, 0.2) is 42.5 Å². The molecule has 2 aromatic rings. The molecule has 1 aliphatic heterocycles. The second-order valence-corrected chi connectivity index (χ2v) is 7.12. The minimum absolute atomic E-state index is 0.130. The zero-order chi connectivity index (χ0) is 19.9. The minimum Gasteiger partial charge on any atom is -0.379 e. The molecule has 0 saturated carbocycles. The van der Waals surface area contributed by atoms with Crippen molar-refractivity contribution in [2.75, 3.05) is 44.7 Å². The van der Waals surface area contributed by atoms with Crippen molar-refractivity contribution < 1.29 is 14.3 Å². The van der Waals surface area contributed by atoms with Gasteiger partial charge in [-0.15, -0.1) is 0 Å². The zero-order valence-corrected chi connectivity index (χ0v) is 16.5. The van der Waals surface area contributed by atoms with Crippen LogP contribution in [0, 0.1) is 13.8 Å². The Bertz CT molecular complexity index is 807. The molecule has 2 aromatic carbocycles. The van der Waals surface area contributed by atoms with Crippen LogP contribution in [0.5, 0.6) is 0 Å². The Balaban J connectivity index is 1.51. The summed E-state index contributed by atoms with van der Waals surface area (Å²) in [6, 6.07) is 12.6. The Morgan fingerprint density at radius 2 is 1.50 bits per heavy atom. The number of hydrogen-bond donors (Lipinski definition) is 2. The van der Waals surface area contributed by atoms with Crippen LogP contribution >= 0.6 is 0 Å². The first kappa shape index (κ1) is 20.0. The molecule has 1 fully saturated rings. The Morgan fingerprint density at radius 3 is 2.11 bits per heavy atom. The molecule has 0 bridgehead atoms. The highest BCUT2D eigenvalue weighted by Crippen LogP contribution is 2.15. The SMILES string of the molecule is Cc1cc(C)cc(NC(=O)c2ccc(C(=O)NCCN3CCOCC3)cc2)c1. The number of nitrogens with zero attached hydrogens (tertiary/aromatic N) is 1. The maximum absolute atomic E-state index is 12.4. The number of hydrogen-bond acceptors (Lipinski definition) is 4. The number of anilines is 1. The fourth-order valence-corrected chi connectivity index (χ4v) is 3.28. The third-order valence-corrected chi connectivity index (χ3v) is 4.71. The predicted molar refractivity (Wildman–Crippen MR) is 110 cm³/mol. The maximum atomic E-state index is 12.4. The lowest BCUT2D eigenvalue weighted by molar-refractivity contribution is 0.0383. The fourth-order valence-electron chi connectivity index (χ4n) is 3.28. The van der Waals surface area contributed by atoms with Gasteiger partial charge in [0.25, 0.3) is 11.8 Å². The smallest absolute Gasteiger partial charge is 0.255 e. The molecule has 2 N–H and O–H groups in total. The van der Waals surface area contributed by atoms with E-state index in [9.17, 15) is 9.59 Å². The summed E-state index contributed by atoms with van der Waals surface area (Å²) in [6.45, 7) is 8.70. The average molecular weight is 381 g/mol. The highest BCUT2D eigenvalue weighted by atomic mass is 16.5. The summed E-state index contributed by atoms with van der Waals surface area (Å²) in [5.41, 5.74) is 4.03. The molecule has 3 rings (SSSR count). The van der Waals surface area contributed by atoms with Crippen LogP contribution in [0.3, 0.4) is 0 Å². The normalized spacial score (nSPS) is 14.5. The Hall–Kier alpha value is -2.70. The summed E-state index contributed by atoms with van der Waals surface area (Å²) >= 11 is 0. The van der Waals surface area contributed by atoms with Crippen molar-refractivity contribution >= 4 is 17.5 Å². The van der Waals surface area contributed by atoms with E-state index >= 15 is 0 Å². The van der Waals surface area contributed by atoms with Gasteiger partial charge in [0.15, 0.2) is 0 Å². The van der Waals surface area contributed by atoms with Crippen molar-refractivity contribution in [3.63, 3.8) is 0 Å². The Labute approximate surface area is 165 Å². The van der Waals surface area contributed by atoms with Gasteiger partial charge in [-0.25, -0.2) is 0 Å². The van der Waals surface area contributed by atoms with Gasteiger partial charge in [-0.1, -0.05) is 6.07 Å². The largest absolute Gasteiger partial charge is 0.379 e. The second-order valence-electron chi connectivity index (χ2n) is 7.12. The van der Waals surface area contributed by atoms with E-state index < -0.39 is 0 Å². The predicted octanol–water partition coefficient (Wildman–Crippen LogP) is 2.62. The monoisotopic (exact) mass is 381 g/mol. The van der Waals surface area contributed by atoms with Crippen LogP contribution in [0.25, 0.3) is 0 Å². The number of rotatable bonds is 6. The molecular formula is C22H27N3O3. The highest BCUT2D eigenvalue weighted by Gasteiger charge is 2.12. The van der Waals surface area contributed by atoms with Crippen molar-refractivity contribution in [3.05, 3.63) is 64.7 Å². The van der Waals surface area contributed by atoms with E-state index in [2.05, 4.69) is 21.6 Å². The number of carbonyl (C=O) groups excluding carboxylic acids is 2. The topological polar surface area (TPSA) is 70.7 Å². The van der Waals surface area contributed by atoms with Gasteiger partial charge in [-0.3, -0.25) is 14.5 Å². The Morgan fingerprint density at radius 1 is 0.929 bits per heavy atom. The molecule has 0 unspecified atom stereocenters. The van der Waals surface area contributed by atoms with Crippen molar-refractivity contribution in [2.24, 2.45) is 0 Å². The molecule has 0 aromatic heterocycles. The van der Waals surface area contributed by atoms with Gasteiger partial charge in [0.2, 0.25) is 0 Å². The van der Waals surface area contributed by atoms with Crippen molar-refractivity contribution in [1.29, 1.82) is 0 Å². The lowest BCUT2D eigenvalue weighted by Crippen LogP contribution is -2.41. The third-order valence-electron chi connectivity index (χ3n) is 4.71. The maximum Gasteiger partial charge on any atom is 0.255 e. The molecule has 2 amide bonds. The van der Waals surface area contributed by atoms with Gasteiger partial charge in [0.1, 0.15) is 0 Å². The van der Waals surface area contributed by atoms with E-state index in [1.807, 2.05) is 26.0 Å². The molecule has 0 atom stereocenters. The van der Waals surface area contributed by atoms with Gasteiger partial charge >= 0.3 is 0 Å². The standard InChI is InChI=1S/C22H27N3O3/c1-16-13-17(2)15-20(14-16)24-22(27)19-5-3-18(4-6-19)21(26)23-7-8-25-9-11-28-12-10-25/h3-6,13-15H,7-12H2,1-2H3,(H,23,26)(H,24,27). The lowest BCUT2D eigenvalue weighted by atomic mass is 10.1. The van der Waals surface area contributed by atoms with Gasteiger partial charge in [0.05, 0.1) is 13.2 Å². The molecule has 1 aliphatic rings. The first-order valence-corrected chi connectivity index (χ1v) is 9.59. The van der Waals surface area contributed by atoms with Crippen LogP contribution in [0.4, 0.5) is 5.69 Å². The van der Waals surface area contributed by atoms with Gasteiger partial charge in [-0.2, -0.15) is 0 Å². The van der Waals surface area contributed by atoms with E-state index in [4.69, 9.17) is 4.74 Å². The molecule has 1 saturated heterocycles. The molecule has 148 valence electrons. The highest BCUT2D eigenvalue weighted by molar-refractivity contribution is 6.05. The number of amides is 2. The van der Waals surface area contributed by atoms with Gasteiger partial charge < -0.3 is 15.4 Å². The fraction of sp³-hybridized carbons (Fsp3) is 0.364. The van der Waals surface area contributed by atoms with Gasteiger partial charge in [0, 0.05) is 43.0 Å². The summed E-state index contributed by atoms with van der Waals surface area (Å²) in [7, 11) is 0. The summed E-state index contributed by atoms with van der Waals surface area (Å²) in [6.07, 6.45) is 0. The van der Waals surface area contributed by atoms with Crippen molar-refractivity contribution in [2.45, 2.75) is 13.8 Å². The first-order chi connectivity index (χ1) is 13.5. The molecule has 6 heteroatoms. The first-order valence-electron chi connectivity index (χ1n) is 9.59. The van der Waals surface area contributed by atoms with Crippen LogP contribution < -0.4 is 10.6 Å². The van der Waals surface area contributed by atoms with E-state index in [-0.39, 0.29) is 11.8 Å². The summed E-state index contributed by atoms with van der Waals surface area (Å²) in [4.78, 5) is 27.0. The van der Waals surface area contributed by atoms with Crippen LogP contribution in [0.2, 0.25) is 0 Å². The molecule has 0 radical (unpaired) electrons. The van der Waals surface area contributed by atoms with E-state index in [1.165, 1.54) is 0 Å². The molecule has 6 nitrogen and oxygen atoms in total.